The quantitative estimate of drug-likeness (QED) is 0.358. The van der Waals surface area contributed by atoms with Crippen LogP contribution in [0.3, 0.4) is 0 Å². The van der Waals surface area contributed by atoms with Crippen LogP contribution < -0.4 is 5.32 Å². The van der Waals surface area contributed by atoms with Gasteiger partial charge in [-0.3, -0.25) is 0 Å². The second-order valence-electron chi connectivity index (χ2n) is 6.71. The Hall–Kier alpha value is -3.72. The van der Waals surface area contributed by atoms with E-state index in [9.17, 15) is 0 Å². The predicted octanol–water partition coefficient (Wildman–Crippen LogP) is 7.23. The van der Waals surface area contributed by atoms with Crippen molar-refractivity contribution in [1.82, 2.24) is 0 Å². The van der Waals surface area contributed by atoms with Gasteiger partial charge in [0.15, 0.2) is 5.58 Å². The third-order valence-electron chi connectivity index (χ3n) is 5.06. The Labute approximate surface area is 154 Å². The number of benzene rings is 4. The maximum atomic E-state index is 6.12. The molecule has 2 heterocycles. The maximum Gasteiger partial charge on any atom is 0.158 e. The minimum atomic E-state index is 0.871. The van der Waals surface area contributed by atoms with Gasteiger partial charge in [-0.05, 0) is 36.4 Å². The molecule has 0 aliphatic carbocycles. The molecule has 0 saturated carbocycles. The topological polar surface area (TPSA) is 38.3 Å². The minimum Gasteiger partial charge on any atom is -0.456 e. The van der Waals surface area contributed by atoms with Gasteiger partial charge in [-0.2, -0.15) is 0 Å². The molecule has 0 bridgehead atoms. The molecule has 0 radical (unpaired) electrons. The molecule has 0 spiro atoms. The number of rotatable bonds is 2. The number of para-hydroxylation sites is 3. The number of hydrogen-bond donors (Lipinski definition) is 1. The fourth-order valence-corrected chi connectivity index (χ4v) is 3.80. The van der Waals surface area contributed by atoms with Gasteiger partial charge in [0.25, 0.3) is 0 Å². The molecular formula is C24H15NO2. The average molecular weight is 349 g/mol. The Morgan fingerprint density at radius 2 is 1.19 bits per heavy atom. The van der Waals surface area contributed by atoms with Crippen LogP contribution in [0.25, 0.3) is 43.9 Å². The summed E-state index contributed by atoms with van der Waals surface area (Å²) in [6.45, 7) is 0. The van der Waals surface area contributed by atoms with E-state index in [0.717, 1.165) is 55.3 Å². The van der Waals surface area contributed by atoms with Crippen LogP contribution in [0.1, 0.15) is 0 Å². The van der Waals surface area contributed by atoms with Crippen LogP contribution in [0.4, 0.5) is 11.4 Å². The second kappa shape index (κ2) is 5.39. The summed E-state index contributed by atoms with van der Waals surface area (Å²) in [6, 6.07) is 28.6. The third-order valence-corrected chi connectivity index (χ3v) is 5.06. The molecule has 2 aromatic heterocycles. The highest BCUT2D eigenvalue weighted by Crippen LogP contribution is 2.36. The van der Waals surface area contributed by atoms with Crippen molar-refractivity contribution >= 4 is 55.3 Å². The second-order valence-corrected chi connectivity index (χ2v) is 6.71. The fraction of sp³-hybridized carbons (Fsp3) is 0. The van der Waals surface area contributed by atoms with Gasteiger partial charge in [0.1, 0.15) is 16.7 Å². The first-order chi connectivity index (χ1) is 13.4. The largest absolute Gasteiger partial charge is 0.456 e. The summed E-state index contributed by atoms with van der Waals surface area (Å²) in [4.78, 5) is 0. The van der Waals surface area contributed by atoms with Crippen LogP contribution in [0, 0.1) is 0 Å². The number of nitrogens with one attached hydrogen (secondary N) is 1. The van der Waals surface area contributed by atoms with E-state index >= 15 is 0 Å². The number of fused-ring (bicyclic) bond motifs is 6. The molecule has 0 unspecified atom stereocenters. The zero-order valence-corrected chi connectivity index (χ0v) is 14.4. The lowest BCUT2D eigenvalue weighted by Gasteiger charge is -2.07. The number of hydrogen-bond acceptors (Lipinski definition) is 3. The van der Waals surface area contributed by atoms with Crippen LogP contribution in [0.15, 0.2) is 93.8 Å². The van der Waals surface area contributed by atoms with Crippen molar-refractivity contribution in [2.45, 2.75) is 0 Å². The Bertz CT molecular complexity index is 1460. The predicted molar refractivity (Wildman–Crippen MR) is 111 cm³/mol. The summed E-state index contributed by atoms with van der Waals surface area (Å²) in [5.74, 6) is 0. The lowest BCUT2D eigenvalue weighted by molar-refractivity contribution is 0.669. The van der Waals surface area contributed by atoms with Crippen molar-refractivity contribution in [2.75, 3.05) is 5.32 Å². The number of furan rings is 2. The van der Waals surface area contributed by atoms with Gasteiger partial charge in [-0.15, -0.1) is 0 Å². The van der Waals surface area contributed by atoms with Gasteiger partial charge in [0.05, 0.1) is 5.69 Å². The molecular weight excluding hydrogens is 334 g/mol. The normalized spacial score (nSPS) is 11.7. The van der Waals surface area contributed by atoms with Crippen molar-refractivity contribution in [3.63, 3.8) is 0 Å². The van der Waals surface area contributed by atoms with Gasteiger partial charge in [-0.1, -0.05) is 48.5 Å². The average Bonchev–Trinajstić information content (AvgIpc) is 3.27. The van der Waals surface area contributed by atoms with Crippen LogP contribution >= 0.6 is 0 Å². The molecule has 3 nitrogen and oxygen atoms in total. The summed E-state index contributed by atoms with van der Waals surface area (Å²) in [5.41, 5.74) is 5.53. The standard InChI is InChI=1S/C24H15NO2/c1-4-11-22-16(6-1)18-8-5-9-20(24(18)27-22)25-15-12-13-23-19(14-15)17-7-2-3-10-21(17)26-23/h1-14,25H. The van der Waals surface area contributed by atoms with Crippen LogP contribution in [-0.2, 0) is 0 Å². The summed E-state index contributed by atoms with van der Waals surface area (Å²) in [6.07, 6.45) is 0. The smallest absolute Gasteiger partial charge is 0.158 e. The molecule has 0 atom stereocenters. The zero-order valence-electron chi connectivity index (χ0n) is 14.4. The fourth-order valence-electron chi connectivity index (χ4n) is 3.80. The van der Waals surface area contributed by atoms with E-state index < -0.39 is 0 Å². The first-order valence-corrected chi connectivity index (χ1v) is 8.95. The monoisotopic (exact) mass is 349 g/mol. The maximum absolute atomic E-state index is 6.12. The minimum absolute atomic E-state index is 0.871. The molecule has 6 aromatic rings. The van der Waals surface area contributed by atoms with Crippen molar-refractivity contribution in [3.05, 3.63) is 84.9 Å². The molecule has 27 heavy (non-hydrogen) atoms. The molecule has 0 aliphatic rings. The molecule has 0 saturated heterocycles. The highest BCUT2D eigenvalue weighted by Gasteiger charge is 2.11. The molecule has 0 amide bonds. The van der Waals surface area contributed by atoms with E-state index in [2.05, 4.69) is 35.6 Å². The Kier molecular flexibility index (Phi) is 2.88. The van der Waals surface area contributed by atoms with E-state index in [0.29, 0.717) is 0 Å². The lowest BCUT2D eigenvalue weighted by atomic mass is 10.1. The molecule has 0 aliphatic heterocycles. The summed E-state index contributed by atoms with van der Waals surface area (Å²) >= 11 is 0. The van der Waals surface area contributed by atoms with Gasteiger partial charge in [0, 0.05) is 27.2 Å². The lowest BCUT2D eigenvalue weighted by Crippen LogP contribution is -1.90. The van der Waals surface area contributed by atoms with Gasteiger partial charge >= 0.3 is 0 Å². The Morgan fingerprint density at radius 3 is 2.04 bits per heavy atom. The van der Waals surface area contributed by atoms with Crippen LogP contribution in [0.5, 0.6) is 0 Å². The molecule has 4 aromatic carbocycles. The van der Waals surface area contributed by atoms with Crippen molar-refractivity contribution < 1.29 is 8.83 Å². The van der Waals surface area contributed by atoms with E-state index in [4.69, 9.17) is 8.83 Å². The first kappa shape index (κ1) is 14.4. The number of anilines is 2. The molecule has 3 heteroatoms. The van der Waals surface area contributed by atoms with Gasteiger partial charge in [-0.25, -0.2) is 0 Å². The van der Waals surface area contributed by atoms with E-state index in [1.807, 2.05) is 54.6 Å². The van der Waals surface area contributed by atoms with Crippen molar-refractivity contribution in [1.29, 1.82) is 0 Å². The summed E-state index contributed by atoms with van der Waals surface area (Å²) in [7, 11) is 0. The molecule has 1 N–H and O–H groups in total. The van der Waals surface area contributed by atoms with Crippen molar-refractivity contribution in [2.24, 2.45) is 0 Å². The molecule has 0 fully saturated rings. The summed E-state index contributed by atoms with van der Waals surface area (Å²) in [5, 5.41) is 7.99. The van der Waals surface area contributed by atoms with E-state index in [-0.39, 0.29) is 0 Å². The van der Waals surface area contributed by atoms with Gasteiger partial charge < -0.3 is 14.2 Å². The van der Waals surface area contributed by atoms with Gasteiger partial charge in [0.2, 0.25) is 0 Å². The first-order valence-electron chi connectivity index (χ1n) is 8.95. The molecule has 128 valence electrons. The Morgan fingerprint density at radius 1 is 0.519 bits per heavy atom. The molecule has 6 rings (SSSR count). The van der Waals surface area contributed by atoms with Crippen LogP contribution in [0.2, 0.25) is 0 Å². The highest BCUT2D eigenvalue weighted by molar-refractivity contribution is 6.10. The summed E-state index contributed by atoms with van der Waals surface area (Å²) < 4.78 is 12.0. The van der Waals surface area contributed by atoms with E-state index in [1.54, 1.807) is 0 Å². The zero-order chi connectivity index (χ0) is 17.8. The highest BCUT2D eigenvalue weighted by atomic mass is 16.3. The SMILES string of the molecule is c1ccc2c(c1)oc1ccc(Nc3cccc4c3oc3ccccc34)cc12. The van der Waals surface area contributed by atoms with Crippen LogP contribution in [-0.4, -0.2) is 0 Å². The van der Waals surface area contributed by atoms with E-state index in [1.165, 1.54) is 0 Å². The third kappa shape index (κ3) is 2.15. The van der Waals surface area contributed by atoms with Crippen molar-refractivity contribution in [3.8, 4) is 0 Å². The Balaban J connectivity index is 1.51.